The van der Waals surface area contributed by atoms with Crippen LogP contribution in [0.5, 0.6) is 5.75 Å². The molecular formula is C27H26N2O4. The summed E-state index contributed by atoms with van der Waals surface area (Å²) in [5.74, 6) is 0.282. The Balaban J connectivity index is 1.85. The van der Waals surface area contributed by atoms with Gasteiger partial charge in [0.05, 0.1) is 28.7 Å². The maximum atomic E-state index is 13.9. The van der Waals surface area contributed by atoms with Crippen molar-refractivity contribution in [3.05, 3.63) is 64.3 Å². The number of pyridine rings is 1. The Kier molecular flexibility index (Phi) is 4.89. The van der Waals surface area contributed by atoms with Gasteiger partial charge >= 0.3 is 5.97 Å². The molecule has 33 heavy (non-hydrogen) atoms. The van der Waals surface area contributed by atoms with Gasteiger partial charge in [0, 0.05) is 24.1 Å². The predicted molar refractivity (Wildman–Crippen MR) is 133 cm³/mol. The molecule has 0 amide bonds. The molecule has 0 radical (unpaired) electrons. The SMILES string of the molecule is CCOC(=O)CNc1cc2c(c3c1c(=O)c1cc4ccccc4cc1n3C)C=CC(C)(C)O2. The molecule has 0 fully saturated rings. The third kappa shape index (κ3) is 3.52. The summed E-state index contributed by atoms with van der Waals surface area (Å²) >= 11 is 0. The molecule has 6 heteroatoms. The molecule has 5 rings (SSSR count). The van der Waals surface area contributed by atoms with Crippen LogP contribution in [0.2, 0.25) is 0 Å². The zero-order valence-electron chi connectivity index (χ0n) is 19.2. The molecule has 6 nitrogen and oxygen atoms in total. The molecule has 0 saturated heterocycles. The first kappa shape index (κ1) is 21.1. The summed E-state index contributed by atoms with van der Waals surface area (Å²) in [6.45, 7) is 5.98. The Morgan fingerprint density at radius 2 is 1.88 bits per heavy atom. The van der Waals surface area contributed by atoms with Crippen LogP contribution in [0.1, 0.15) is 26.3 Å². The van der Waals surface area contributed by atoms with E-state index in [0.29, 0.717) is 28.8 Å². The van der Waals surface area contributed by atoms with Crippen molar-refractivity contribution < 1.29 is 14.3 Å². The standard InChI is InChI=1S/C27H26N2O4/c1-5-32-23(30)15-28-20-14-22-18(10-11-27(2,3)33-22)25-24(20)26(31)19-12-16-8-6-7-9-17(16)13-21(19)29(25)4/h6-14,28H,5,15H2,1-4H3. The number of carbonyl (C=O) groups is 1. The molecule has 1 aromatic heterocycles. The van der Waals surface area contributed by atoms with E-state index >= 15 is 0 Å². The summed E-state index contributed by atoms with van der Waals surface area (Å²) in [5, 5.41) is 6.35. The van der Waals surface area contributed by atoms with Gasteiger partial charge in [-0.25, -0.2) is 0 Å². The topological polar surface area (TPSA) is 69.6 Å². The van der Waals surface area contributed by atoms with Gasteiger partial charge < -0.3 is 19.4 Å². The van der Waals surface area contributed by atoms with Gasteiger partial charge in [-0.3, -0.25) is 9.59 Å². The number of nitrogens with one attached hydrogen (secondary N) is 1. The van der Waals surface area contributed by atoms with Crippen LogP contribution < -0.4 is 15.5 Å². The number of hydrogen-bond acceptors (Lipinski definition) is 5. The summed E-state index contributed by atoms with van der Waals surface area (Å²) in [6, 6.07) is 13.8. The van der Waals surface area contributed by atoms with Gasteiger partial charge in [0.15, 0.2) is 5.43 Å². The lowest BCUT2D eigenvalue weighted by Gasteiger charge is -2.30. The Morgan fingerprint density at radius 3 is 2.61 bits per heavy atom. The van der Waals surface area contributed by atoms with E-state index in [2.05, 4.69) is 5.32 Å². The number of anilines is 1. The lowest BCUT2D eigenvalue weighted by molar-refractivity contribution is -0.140. The first-order valence-electron chi connectivity index (χ1n) is 11.1. The first-order valence-corrected chi connectivity index (χ1v) is 11.1. The van der Waals surface area contributed by atoms with E-state index in [0.717, 1.165) is 27.4 Å². The highest BCUT2D eigenvalue weighted by Crippen LogP contribution is 2.40. The third-order valence-corrected chi connectivity index (χ3v) is 6.09. The fourth-order valence-corrected chi connectivity index (χ4v) is 4.55. The van der Waals surface area contributed by atoms with E-state index in [1.807, 2.05) is 80.1 Å². The fourth-order valence-electron chi connectivity index (χ4n) is 4.55. The van der Waals surface area contributed by atoms with E-state index in [1.165, 1.54) is 0 Å². The minimum Gasteiger partial charge on any atom is -0.483 e. The molecule has 0 aliphatic carbocycles. The van der Waals surface area contributed by atoms with Crippen molar-refractivity contribution >= 4 is 50.3 Å². The number of esters is 1. The Morgan fingerprint density at radius 1 is 1.15 bits per heavy atom. The number of fused-ring (bicyclic) bond motifs is 5. The molecule has 0 atom stereocenters. The van der Waals surface area contributed by atoms with E-state index in [1.54, 1.807) is 6.92 Å². The number of ether oxygens (including phenoxy) is 2. The summed E-state index contributed by atoms with van der Waals surface area (Å²) < 4.78 is 13.3. The summed E-state index contributed by atoms with van der Waals surface area (Å²) in [4.78, 5) is 25.9. The molecule has 1 aliphatic rings. The van der Waals surface area contributed by atoms with Crippen molar-refractivity contribution in [1.82, 2.24) is 4.57 Å². The third-order valence-electron chi connectivity index (χ3n) is 6.09. The molecule has 0 bridgehead atoms. The second-order valence-electron chi connectivity index (χ2n) is 8.86. The Hall–Kier alpha value is -3.80. The minimum atomic E-state index is -0.481. The summed E-state index contributed by atoms with van der Waals surface area (Å²) in [7, 11) is 1.96. The molecule has 0 saturated carbocycles. The predicted octanol–water partition coefficient (Wildman–Crippen LogP) is 5.00. The zero-order valence-corrected chi connectivity index (χ0v) is 19.2. The smallest absolute Gasteiger partial charge is 0.325 e. The first-order chi connectivity index (χ1) is 15.8. The van der Waals surface area contributed by atoms with Gasteiger partial charge in [-0.2, -0.15) is 0 Å². The number of carbonyl (C=O) groups excluding carboxylic acids is 1. The number of benzene rings is 3. The highest BCUT2D eigenvalue weighted by molar-refractivity contribution is 6.08. The lowest BCUT2D eigenvalue weighted by atomic mass is 9.96. The molecule has 0 spiro atoms. The van der Waals surface area contributed by atoms with Gasteiger partial charge in [-0.05, 0) is 55.8 Å². The van der Waals surface area contributed by atoms with Crippen molar-refractivity contribution in [3.63, 3.8) is 0 Å². The number of aromatic nitrogens is 1. The molecule has 0 unspecified atom stereocenters. The number of nitrogens with zero attached hydrogens (tertiary/aromatic N) is 1. The normalized spacial score (nSPS) is 14.3. The van der Waals surface area contributed by atoms with Gasteiger partial charge in [0.1, 0.15) is 17.9 Å². The zero-order chi connectivity index (χ0) is 23.3. The highest BCUT2D eigenvalue weighted by Gasteiger charge is 2.27. The van der Waals surface area contributed by atoms with Crippen LogP contribution in [-0.4, -0.2) is 29.3 Å². The van der Waals surface area contributed by atoms with E-state index < -0.39 is 5.60 Å². The Labute approximate surface area is 191 Å². The van der Waals surface area contributed by atoms with E-state index in [9.17, 15) is 9.59 Å². The quantitative estimate of drug-likeness (QED) is 0.356. The van der Waals surface area contributed by atoms with Crippen LogP contribution in [0.25, 0.3) is 38.7 Å². The van der Waals surface area contributed by atoms with Gasteiger partial charge in [0.25, 0.3) is 0 Å². The summed E-state index contributed by atoms with van der Waals surface area (Å²) in [6.07, 6.45) is 4.01. The Bertz CT molecular complexity index is 1530. The molecule has 2 heterocycles. The molecular weight excluding hydrogens is 416 g/mol. The lowest BCUT2D eigenvalue weighted by Crippen LogP contribution is -2.28. The fraction of sp³-hybridized carbons (Fsp3) is 0.259. The van der Waals surface area contributed by atoms with E-state index in [4.69, 9.17) is 9.47 Å². The number of hydrogen-bond donors (Lipinski definition) is 1. The maximum Gasteiger partial charge on any atom is 0.325 e. The highest BCUT2D eigenvalue weighted by atomic mass is 16.5. The number of aryl methyl sites for hydroxylation is 1. The van der Waals surface area contributed by atoms with Crippen molar-refractivity contribution in [2.75, 3.05) is 18.5 Å². The van der Waals surface area contributed by atoms with Crippen LogP contribution in [0.3, 0.4) is 0 Å². The molecule has 168 valence electrons. The maximum absolute atomic E-state index is 13.9. The van der Waals surface area contributed by atoms with Gasteiger partial charge in [0.2, 0.25) is 0 Å². The number of rotatable bonds is 4. The van der Waals surface area contributed by atoms with Gasteiger partial charge in [-0.1, -0.05) is 24.3 Å². The molecule has 1 N–H and O–H groups in total. The van der Waals surface area contributed by atoms with Gasteiger partial charge in [-0.15, -0.1) is 0 Å². The van der Waals surface area contributed by atoms with Crippen LogP contribution in [0.15, 0.2) is 53.3 Å². The monoisotopic (exact) mass is 442 g/mol. The van der Waals surface area contributed by atoms with Crippen LogP contribution in [0, 0.1) is 0 Å². The van der Waals surface area contributed by atoms with Crippen molar-refractivity contribution in [3.8, 4) is 5.75 Å². The largest absolute Gasteiger partial charge is 0.483 e. The van der Waals surface area contributed by atoms with Crippen molar-refractivity contribution in [2.45, 2.75) is 26.4 Å². The second kappa shape index (κ2) is 7.66. The summed E-state index contributed by atoms with van der Waals surface area (Å²) in [5.41, 5.74) is 2.44. The van der Waals surface area contributed by atoms with E-state index in [-0.39, 0.29) is 17.9 Å². The average Bonchev–Trinajstić information content (AvgIpc) is 2.79. The molecule has 1 aliphatic heterocycles. The van der Waals surface area contributed by atoms with Crippen LogP contribution in [-0.2, 0) is 16.6 Å². The van der Waals surface area contributed by atoms with Crippen LogP contribution in [0.4, 0.5) is 5.69 Å². The second-order valence-corrected chi connectivity index (χ2v) is 8.86. The van der Waals surface area contributed by atoms with Crippen LogP contribution >= 0.6 is 0 Å². The average molecular weight is 443 g/mol. The molecule has 3 aromatic carbocycles. The molecule has 4 aromatic rings. The van der Waals surface area contributed by atoms with Crippen molar-refractivity contribution in [1.29, 1.82) is 0 Å². The minimum absolute atomic E-state index is 0.0418. The van der Waals surface area contributed by atoms with Crippen molar-refractivity contribution in [2.24, 2.45) is 7.05 Å².